The molecule has 1 aromatic heterocycles. The fourth-order valence-electron chi connectivity index (χ4n) is 3.31. The average molecular weight is 339 g/mol. The third-order valence-electron chi connectivity index (χ3n) is 4.69. The van der Waals surface area contributed by atoms with Crippen molar-refractivity contribution in [3.63, 3.8) is 0 Å². The molecule has 1 aromatic carbocycles. The molecule has 1 atom stereocenters. The number of likely N-dealkylation sites (tertiary alicyclic amines) is 1. The van der Waals surface area contributed by atoms with Gasteiger partial charge < -0.3 is 10.6 Å². The Bertz CT molecular complexity index is 732. The van der Waals surface area contributed by atoms with Crippen molar-refractivity contribution in [3.05, 3.63) is 42.2 Å². The lowest BCUT2D eigenvalue weighted by Gasteiger charge is -2.36. The maximum atomic E-state index is 12.2. The van der Waals surface area contributed by atoms with Gasteiger partial charge in [0.1, 0.15) is 0 Å². The highest BCUT2D eigenvalue weighted by atomic mass is 16.2. The van der Waals surface area contributed by atoms with Crippen molar-refractivity contribution in [2.45, 2.75) is 25.3 Å². The van der Waals surface area contributed by atoms with Crippen LogP contribution in [0.4, 0.5) is 5.95 Å². The lowest BCUT2D eigenvalue weighted by molar-refractivity contribution is -0.130. The van der Waals surface area contributed by atoms with E-state index in [4.69, 9.17) is 5.73 Å². The molecule has 0 saturated carbocycles. The number of anilines is 1. The van der Waals surface area contributed by atoms with E-state index in [1.807, 2.05) is 18.2 Å². The number of hydrogen-bond acceptors (Lipinski definition) is 5. The summed E-state index contributed by atoms with van der Waals surface area (Å²) in [7, 11) is 3.58. The molecule has 2 N–H and O–H groups in total. The number of nitrogens with zero attached hydrogens (tertiary/aromatic N) is 4. The van der Waals surface area contributed by atoms with Crippen LogP contribution >= 0.6 is 0 Å². The van der Waals surface area contributed by atoms with E-state index in [1.165, 1.54) is 0 Å². The minimum absolute atomic E-state index is 0.0816. The van der Waals surface area contributed by atoms with E-state index in [2.05, 4.69) is 27.0 Å². The molecule has 132 valence electrons. The number of rotatable bonds is 4. The largest absolute Gasteiger partial charge is 0.368 e. The molecule has 3 rings (SSSR count). The molecule has 0 bridgehead atoms. The summed E-state index contributed by atoms with van der Waals surface area (Å²) in [5.74, 6) is 0.384. The zero-order valence-electron chi connectivity index (χ0n) is 14.9. The van der Waals surface area contributed by atoms with E-state index < -0.39 is 0 Å². The highest BCUT2D eigenvalue weighted by molar-refractivity contribution is 5.77. The molecule has 0 radical (unpaired) electrons. The van der Waals surface area contributed by atoms with E-state index in [0.29, 0.717) is 6.54 Å². The van der Waals surface area contributed by atoms with Crippen LogP contribution in [0.3, 0.4) is 0 Å². The van der Waals surface area contributed by atoms with Crippen LogP contribution in [0.25, 0.3) is 11.1 Å². The molecule has 2 heterocycles. The topological polar surface area (TPSA) is 75.4 Å². The smallest absolute Gasteiger partial charge is 0.236 e. The van der Waals surface area contributed by atoms with Crippen LogP contribution in [0.2, 0.25) is 0 Å². The molecule has 1 aliphatic heterocycles. The number of likely N-dealkylation sites (N-methyl/N-ethyl adjacent to an activating group) is 1. The monoisotopic (exact) mass is 339 g/mol. The summed E-state index contributed by atoms with van der Waals surface area (Å²) >= 11 is 0. The molecule has 0 unspecified atom stereocenters. The summed E-state index contributed by atoms with van der Waals surface area (Å²) in [6.45, 7) is 1.29. The van der Waals surface area contributed by atoms with Crippen molar-refractivity contribution in [2.75, 3.05) is 32.9 Å². The second-order valence-electron chi connectivity index (χ2n) is 6.66. The Morgan fingerprint density at radius 2 is 2.04 bits per heavy atom. The number of aromatic nitrogens is 2. The average Bonchev–Trinajstić information content (AvgIpc) is 2.62. The van der Waals surface area contributed by atoms with E-state index >= 15 is 0 Å². The minimum atomic E-state index is 0.0816. The molecule has 1 aliphatic rings. The molecule has 6 nitrogen and oxygen atoms in total. The lowest BCUT2D eigenvalue weighted by Crippen LogP contribution is -2.41. The standard InChI is InChI=1S/C19H25N5O/c1-23(2)17(25)13-24-11-7-6-10-16(24)18-15(12-21-19(20)22-18)14-8-4-3-5-9-14/h3-5,8-9,12,16H,6-7,10-11,13H2,1-2H3,(H2,20,21,22)/t16-/m0/s1. The number of hydrogen-bond donors (Lipinski definition) is 1. The first-order valence-corrected chi connectivity index (χ1v) is 8.68. The van der Waals surface area contributed by atoms with Gasteiger partial charge in [-0.25, -0.2) is 9.97 Å². The number of piperidine rings is 1. The van der Waals surface area contributed by atoms with Gasteiger partial charge >= 0.3 is 0 Å². The molecular formula is C19H25N5O. The third kappa shape index (κ3) is 3.96. The van der Waals surface area contributed by atoms with E-state index in [-0.39, 0.29) is 17.9 Å². The van der Waals surface area contributed by atoms with E-state index in [1.54, 1.807) is 25.2 Å². The molecule has 6 heteroatoms. The highest BCUT2D eigenvalue weighted by Gasteiger charge is 2.29. The second kappa shape index (κ2) is 7.61. The number of carbonyl (C=O) groups is 1. The molecule has 1 amide bonds. The van der Waals surface area contributed by atoms with Gasteiger partial charge in [0.15, 0.2) is 0 Å². The second-order valence-corrected chi connectivity index (χ2v) is 6.66. The fraction of sp³-hybridized carbons (Fsp3) is 0.421. The first-order chi connectivity index (χ1) is 12.1. The van der Waals surface area contributed by atoms with Crippen LogP contribution in [0, 0.1) is 0 Å². The Morgan fingerprint density at radius 3 is 2.76 bits per heavy atom. The molecule has 0 spiro atoms. The van der Waals surface area contributed by atoms with Gasteiger partial charge in [-0.2, -0.15) is 0 Å². The van der Waals surface area contributed by atoms with Crippen LogP contribution in [-0.4, -0.2) is 52.9 Å². The Balaban J connectivity index is 1.98. The SMILES string of the molecule is CN(C)C(=O)CN1CCCC[C@H]1c1nc(N)ncc1-c1ccccc1. The van der Waals surface area contributed by atoms with Crippen molar-refractivity contribution in [1.82, 2.24) is 19.8 Å². The molecule has 25 heavy (non-hydrogen) atoms. The van der Waals surface area contributed by atoms with Gasteiger partial charge in [0.2, 0.25) is 11.9 Å². The van der Waals surface area contributed by atoms with Gasteiger partial charge in [0.25, 0.3) is 0 Å². The third-order valence-corrected chi connectivity index (χ3v) is 4.69. The van der Waals surface area contributed by atoms with Crippen LogP contribution in [0.5, 0.6) is 0 Å². The fourth-order valence-corrected chi connectivity index (χ4v) is 3.31. The van der Waals surface area contributed by atoms with Crippen LogP contribution < -0.4 is 5.73 Å². The molecule has 1 fully saturated rings. The normalized spacial score (nSPS) is 18.1. The van der Waals surface area contributed by atoms with E-state index in [9.17, 15) is 4.79 Å². The maximum Gasteiger partial charge on any atom is 0.236 e. The lowest BCUT2D eigenvalue weighted by atomic mass is 9.94. The Labute approximate surface area is 148 Å². The van der Waals surface area contributed by atoms with Gasteiger partial charge in [0, 0.05) is 25.9 Å². The number of amides is 1. The van der Waals surface area contributed by atoms with Gasteiger partial charge in [-0.3, -0.25) is 9.69 Å². The molecular weight excluding hydrogens is 314 g/mol. The molecule has 0 aliphatic carbocycles. The zero-order chi connectivity index (χ0) is 17.8. The van der Waals surface area contributed by atoms with E-state index in [0.717, 1.165) is 42.6 Å². The maximum absolute atomic E-state index is 12.2. The van der Waals surface area contributed by atoms with Crippen LogP contribution in [0.1, 0.15) is 31.0 Å². The Kier molecular flexibility index (Phi) is 5.28. The highest BCUT2D eigenvalue weighted by Crippen LogP contribution is 2.35. The summed E-state index contributed by atoms with van der Waals surface area (Å²) < 4.78 is 0. The van der Waals surface area contributed by atoms with Crippen LogP contribution in [0.15, 0.2) is 36.5 Å². The van der Waals surface area contributed by atoms with Crippen molar-refractivity contribution < 1.29 is 4.79 Å². The summed E-state index contributed by atoms with van der Waals surface area (Å²) in [5, 5.41) is 0. The number of carbonyl (C=O) groups excluding carboxylic acids is 1. The summed E-state index contributed by atoms with van der Waals surface area (Å²) in [5.41, 5.74) is 8.87. The van der Waals surface area contributed by atoms with Gasteiger partial charge in [-0.15, -0.1) is 0 Å². The summed E-state index contributed by atoms with van der Waals surface area (Å²) in [4.78, 5) is 24.9. The summed E-state index contributed by atoms with van der Waals surface area (Å²) in [6.07, 6.45) is 4.98. The Morgan fingerprint density at radius 1 is 1.28 bits per heavy atom. The summed E-state index contributed by atoms with van der Waals surface area (Å²) in [6, 6.07) is 10.2. The number of nitrogen functional groups attached to an aromatic ring is 1. The van der Waals surface area contributed by atoms with Gasteiger partial charge in [-0.1, -0.05) is 36.8 Å². The minimum Gasteiger partial charge on any atom is -0.368 e. The quantitative estimate of drug-likeness (QED) is 0.925. The molecule has 1 saturated heterocycles. The van der Waals surface area contributed by atoms with Crippen molar-refractivity contribution in [2.24, 2.45) is 0 Å². The van der Waals surface area contributed by atoms with Crippen molar-refractivity contribution >= 4 is 11.9 Å². The number of nitrogens with two attached hydrogens (primary N) is 1. The van der Waals surface area contributed by atoms with Crippen molar-refractivity contribution in [1.29, 1.82) is 0 Å². The molecule has 2 aromatic rings. The van der Waals surface area contributed by atoms with Gasteiger partial charge in [-0.05, 0) is 24.9 Å². The van der Waals surface area contributed by atoms with Crippen molar-refractivity contribution in [3.8, 4) is 11.1 Å². The predicted molar refractivity (Wildman–Crippen MR) is 98.7 cm³/mol. The van der Waals surface area contributed by atoms with Gasteiger partial charge in [0.05, 0.1) is 18.3 Å². The predicted octanol–water partition coefficient (Wildman–Crippen LogP) is 2.34. The zero-order valence-corrected chi connectivity index (χ0v) is 14.9. The van der Waals surface area contributed by atoms with Crippen LogP contribution in [-0.2, 0) is 4.79 Å². The first-order valence-electron chi connectivity index (χ1n) is 8.68. The Hall–Kier alpha value is -2.47. The first kappa shape index (κ1) is 17.4. The number of benzene rings is 1.